The van der Waals surface area contributed by atoms with Gasteiger partial charge in [-0.25, -0.2) is 4.79 Å². The molecule has 0 radical (unpaired) electrons. The normalized spacial score (nSPS) is 11.3. The van der Waals surface area contributed by atoms with Gasteiger partial charge < -0.3 is 15.2 Å². The summed E-state index contributed by atoms with van der Waals surface area (Å²) in [4.78, 5) is 11.4. The highest BCUT2D eigenvalue weighted by molar-refractivity contribution is 5.92. The Labute approximate surface area is 102 Å². The van der Waals surface area contributed by atoms with E-state index in [1.54, 1.807) is 12.1 Å². The third-order valence-electron chi connectivity index (χ3n) is 2.79. The van der Waals surface area contributed by atoms with Crippen LogP contribution in [0.1, 0.15) is 29.8 Å². The fraction of sp³-hybridized carbons (Fsp3) is 0.462. The maximum atomic E-state index is 11.4. The monoisotopic (exact) mass is 237 g/mol. The van der Waals surface area contributed by atoms with Crippen molar-refractivity contribution in [1.82, 2.24) is 5.32 Å². The van der Waals surface area contributed by atoms with Crippen molar-refractivity contribution in [2.45, 2.75) is 25.8 Å². The molecular weight excluding hydrogens is 218 g/mol. The lowest BCUT2D eigenvalue weighted by Gasteiger charge is -2.24. The molecule has 17 heavy (non-hydrogen) atoms. The summed E-state index contributed by atoms with van der Waals surface area (Å²) in [6.45, 7) is 4.13. The number of rotatable bonds is 4. The molecule has 4 nitrogen and oxygen atoms in total. The number of aromatic hydroxyl groups is 1. The van der Waals surface area contributed by atoms with Crippen LogP contribution in [0.4, 0.5) is 0 Å². The van der Waals surface area contributed by atoms with Crippen molar-refractivity contribution >= 4 is 5.97 Å². The zero-order valence-corrected chi connectivity index (χ0v) is 10.7. The van der Waals surface area contributed by atoms with E-state index in [1.807, 2.05) is 7.05 Å². The summed E-state index contributed by atoms with van der Waals surface area (Å²) >= 11 is 0. The Hall–Kier alpha value is -1.55. The van der Waals surface area contributed by atoms with E-state index < -0.39 is 5.97 Å². The van der Waals surface area contributed by atoms with E-state index in [0.717, 1.165) is 12.0 Å². The number of benzene rings is 1. The first-order chi connectivity index (χ1) is 7.89. The second kappa shape index (κ2) is 5.19. The van der Waals surface area contributed by atoms with Crippen molar-refractivity contribution in [2.75, 3.05) is 14.2 Å². The second-order valence-electron chi connectivity index (χ2n) is 4.65. The quantitative estimate of drug-likeness (QED) is 0.783. The van der Waals surface area contributed by atoms with E-state index in [4.69, 9.17) is 0 Å². The molecule has 0 spiro atoms. The molecule has 0 heterocycles. The first kappa shape index (κ1) is 13.5. The number of methoxy groups -OCH3 is 1. The van der Waals surface area contributed by atoms with Crippen LogP contribution in [-0.4, -0.2) is 30.8 Å². The molecule has 0 atom stereocenters. The first-order valence-electron chi connectivity index (χ1n) is 5.49. The van der Waals surface area contributed by atoms with Crippen LogP contribution in [0.3, 0.4) is 0 Å². The van der Waals surface area contributed by atoms with E-state index in [0.29, 0.717) is 0 Å². The lowest BCUT2D eigenvalue weighted by Crippen LogP contribution is -2.38. The van der Waals surface area contributed by atoms with E-state index in [2.05, 4.69) is 23.9 Å². The number of ether oxygens (including phenoxy) is 1. The molecule has 0 bridgehead atoms. The summed E-state index contributed by atoms with van der Waals surface area (Å²) < 4.78 is 4.61. The maximum Gasteiger partial charge on any atom is 0.341 e. The number of likely N-dealkylation sites (N-methyl/N-ethyl adjacent to an activating group) is 1. The van der Waals surface area contributed by atoms with Crippen LogP contribution in [0, 0.1) is 0 Å². The van der Waals surface area contributed by atoms with Crippen molar-refractivity contribution in [3.8, 4) is 5.75 Å². The Morgan fingerprint density at radius 2 is 2.12 bits per heavy atom. The van der Waals surface area contributed by atoms with Crippen molar-refractivity contribution in [3.05, 3.63) is 29.3 Å². The Morgan fingerprint density at radius 1 is 1.47 bits per heavy atom. The number of carbonyl (C=O) groups is 1. The van der Waals surface area contributed by atoms with Gasteiger partial charge in [0.05, 0.1) is 7.11 Å². The molecule has 0 aliphatic heterocycles. The lowest BCUT2D eigenvalue weighted by molar-refractivity contribution is 0.0597. The van der Waals surface area contributed by atoms with Crippen LogP contribution in [0.25, 0.3) is 0 Å². The SMILES string of the molecule is CNC(C)(C)Cc1ccc(O)c(C(=O)OC)c1. The standard InChI is InChI=1S/C13H19NO3/c1-13(2,14-3)8-9-5-6-11(15)10(7-9)12(16)17-4/h5-7,14-15H,8H2,1-4H3. The molecule has 1 aromatic rings. The smallest absolute Gasteiger partial charge is 0.341 e. The molecule has 0 unspecified atom stereocenters. The molecule has 0 amide bonds. The van der Waals surface area contributed by atoms with Gasteiger partial charge in [-0.1, -0.05) is 6.07 Å². The zero-order chi connectivity index (χ0) is 13.1. The minimum atomic E-state index is -0.522. The van der Waals surface area contributed by atoms with Gasteiger partial charge in [0.15, 0.2) is 0 Å². The number of nitrogens with one attached hydrogen (secondary N) is 1. The summed E-state index contributed by atoms with van der Waals surface area (Å²) in [6, 6.07) is 4.99. The van der Waals surface area contributed by atoms with Gasteiger partial charge in [0.2, 0.25) is 0 Å². The van der Waals surface area contributed by atoms with Gasteiger partial charge in [-0.3, -0.25) is 0 Å². The molecule has 1 aromatic carbocycles. The molecule has 0 aromatic heterocycles. The molecule has 4 heteroatoms. The third-order valence-corrected chi connectivity index (χ3v) is 2.79. The Bertz CT molecular complexity index is 413. The molecule has 1 rings (SSSR count). The summed E-state index contributed by atoms with van der Waals surface area (Å²) in [7, 11) is 3.19. The zero-order valence-electron chi connectivity index (χ0n) is 10.7. The molecule has 0 aliphatic carbocycles. The van der Waals surface area contributed by atoms with Gasteiger partial charge in [0.1, 0.15) is 11.3 Å². The minimum absolute atomic E-state index is 0.0529. The van der Waals surface area contributed by atoms with Crippen LogP contribution >= 0.6 is 0 Å². The van der Waals surface area contributed by atoms with Gasteiger partial charge in [0, 0.05) is 5.54 Å². The molecular formula is C13H19NO3. The molecule has 0 aliphatic rings. The molecule has 0 saturated heterocycles. The average Bonchev–Trinajstić information content (AvgIpc) is 2.30. The first-order valence-corrected chi connectivity index (χ1v) is 5.49. The number of esters is 1. The van der Waals surface area contributed by atoms with Gasteiger partial charge in [0.25, 0.3) is 0 Å². The highest BCUT2D eigenvalue weighted by atomic mass is 16.5. The number of hydrogen-bond donors (Lipinski definition) is 2. The van der Waals surface area contributed by atoms with E-state index in [-0.39, 0.29) is 16.9 Å². The van der Waals surface area contributed by atoms with Crippen molar-refractivity contribution in [2.24, 2.45) is 0 Å². The van der Waals surface area contributed by atoms with Crippen LogP contribution in [0.5, 0.6) is 5.75 Å². The van der Waals surface area contributed by atoms with Crippen molar-refractivity contribution < 1.29 is 14.6 Å². The number of phenols is 1. The molecule has 0 fully saturated rings. The van der Waals surface area contributed by atoms with E-state index in [9.17, 15) is 9.90 Å². The Kier molecular flexibility index (Phi) is 4.12. The van der Waals surface area contributed by atoms with Gasteiger partial charge in [-0.2, -0.15) is 0 Å². The predicted octanol–water partition coefficient (Wildman–Crippen LogP) is 1.72. The predicted molar refractivity (Wildman–Crippen MR) is 66.3 cm³/mol. The van der Waals surface area contributed by atoms with Crippen LogP contribution in [-0.2, 0) is 11.2 Å². The number of hydrogen-bond acceptors (Lipinski definition) is 4. The van der Waals surface area contributed by atoms with E-state index >= 15 is 0 Å². The molecule has 2 N–H and O–H groups in total. The second-order valence-corrected chi connectivity index (χ2v) is 4.65. The third kappa shape index (κ3) is 3.46. The van der Waals surface area contributed by atoms with Gasteiger partial charge in [-0.15, -0.1) is 0 Å². The number of phenolic OH excluding ortho intramolecular Hbond substituents is 1. The van der Waals surface area contributed by atoms with E-state index in [1.165, 1.54) is 13.2 Å². The summed E-state index contributed by atoms with van der Waals surface area (Å²) in [5.74, 6) is -0.575. The largest absolute Gasteiger partial charge is 0.507 e. The van der Waals surface area contributed by atoms with Crippen molar-refractivity contribution in [1.29, 1.82) is 0 Å². The topological polar surface area (TPSA) is 58.6 Å². The summed E-state index contributed by atoms with van der Waals surface area (Å²) in [6.07, 6.45) is 0.758. The Morgan fingerprint density at radius 3 is 2.65 bits per heavy atom. The van der Waals surface area contributed by atoms with Gasteiger partial charge >= 0.3 is 5.97 Å². The lowest BCUT2D eigenvalue weighted by atomic mass is 9.94. The minimum Gasteiger partial charge on any atom is -0.507 e. The fourth-order valence-electron chi connectivity index (χ4n) is 1.57. The molecule has 94 valence electrons. The van der Waals surface area contributed by atoms with Crippen LogP contribution in [0.15, 0.2) is 18.2 Å². The maximum absolute atomic E-state index is 11.4. The average molecular weight is 237 g/mol. The summed E-state index contributed by atoms with van der Waals surface area (Å²) in [5.41, 5.74) is 1.11. The van der Waals surface area contributed by atoms with Crippen molar-refractivity contribution in [3.63, 3.8) is 0 Å². The summed E-state index contributed by atoms with van der Waals surface area (Å²) in [5, 5.41) is 12.8. The van der Waals surface area contributed by atoms with Crippen LogP contribution in [0.2, 0.25) is 0 Å². The molecule has 0 saturated carbocycles. The highest BCUT2D eigenvalue weighted by Crippen LogP contribution is 2.22. The Balaban J connectivity index is 3.01. The van der Waals surface area contributed by atoms with Gasteiger partial charge in [-0.05, 0) is 45.0 Å². The fourth-order valence-corrected chi connectivity index (χ4v) is 1.57. The van der Waals surface area contributed by atoms with Crippen LogP contribution < -0.4 is 5.32 Å². The number of carbonyl (C=O) groups excluding carboxylic acids is 1. The highest BCUT2D eigenvalue weighted by Gasteiger charge is 2.18.